The minimum atomic E-state index is -0.213. The average Bonchev–Trinajstić information content (AvgIpc) is 2.20. The topological polar surface area (TPSA) is 49.6 Å². The lowest BCUT2D eigenvalue weighted by atomic mass is 10.2. The van der Waals surface area contributed by atoms with Crippen molar-refractivity contribution in [1.82, 2.24) is 9.80 Å². The van der Waals surface area contributed by atoms with Gasteiger partial charge in [-0.3, -0.25) is 9.69 Å². The summed E-state index contributed by atoms with van der Waals surface area (Å²) >= 11 is 0. The van der Waals surface area contributed by atoms with Crippen molar-refractivity contribution in [3.05, 3.63) is 0 Å². The van der Waals surface area contributed by atoms with E-state index in [0.29, 0.717) is 6.54 Å². The van der Waals surface area contributed by atoms with Gasteiger partial charge in [0.1, 0.15) is 0 Å². The predicted molar refractivity (Wildman–Crippen MR) is 61.6 cm³/mol. The molecule has 0 aromatic carbocycles. The highest BCUT2D eigenvalue weighted by atomic mass is 16.1. The van der Waals surface area contributed by atoms with Crippen molar-refractivity contribution < 1.29 is 4.79 Å². The first-order valence-corrected chi connectivity index (χ1v) is 5.95. The van der Waals surface area contributed by atoms with E-state index >= 15 is 0 Å². The SMILES string of the molecule is CCCCCN1CCN(CC(N)=O)CC1. The fourth-order valence-electron chi connectivity index (χ4n) is 1.98. The maximum absolute atomic E-state index is 10.7. The highest BCUT2D eigenvalue weighted by Crippen LogP contribution is 2.03. The van der Waals surface area contributed by atoms with Crippen LogP contribution in [0.1, 0.15) is 26.2 Å². The molecule has 1 heterocycles. The van der Waals surface area contributed by atoms with Gasteiger partial charge in [0.2, 0.25) is 5.91 Å². The van der Waals surface area contributed by atoms with Crippen LogP contribution in [0.3, 0.4) is 0 Å². The van der Waals surface area contributed by atoms with Gasteiger partial charge in [-0.15, -0.1) is 0 Å². The first-order chi connectivity index (χ1) is 7.22. The van der Waals surface area contributed by atoms with Gasteiger partial charge in [-0.1, -0.05) is 19.8 Å². The minimum absolute atomic E-state index is 0.213. The molecule has 0 saturated carbocycles. The van der Waals surface area contributed by atoms with Crippen molar-refractivity contribution in [1.29, 1.82) is 0 Å². The molecule has 1 aliphatic rings. The molecule has 0 radical (unpaired) electrons. The molecule has 1 amide bonds. The second kappa shape index (κ2) is 6.80. The van der Waals surface area contributed by atoms with Crippen LogP contribution in [0.25, 0.3) is 0 Å². The highest BCUT2D eigenvalue weighted by Gasteiger charge is 2.17. The Morgan fingerprint density at radius 2 is 1.73 bits per heavy atom. The number of hydrogen-bond acceptors (Lipinski definition) is 3. The zero-order chi connectivity index (χ0) is 11.1. The smallest absolute Gasteiger partial charge is 0.231 e. The van der Waals surface area contributed by atoms with E-state index in [1.807, 2.05) is 0 Å². The number of nitrogens with zero attached hydrogens (tertiary/aromatic N) is 2. The number of primary amides is 1. The van der Waals surface area contributed by atoms with Crippen LogP contribution in [0.15, 0.2) is 0 Å². The third kappa shape index (κ3) is 5.14. The summed E-state index contributed by atoms with van der Waals surface area (Å²) in [5.41, 5.74) is 5.16. The Labute approximate surface area is 92.4 Å². The van der Waals surface area contributed by atoms with E-state index < -0.39 is 0 Å². The highest BCUT2D eigenvalue weighted by molar-refractivity contribution is 5.75. The molecule has 1 fully saturated rings. The molecule has 0 bridgehead atoms. The fraction of sp³-hybridized carbons (Fsp3) is 0.909. The van der Waals surface area contributed by atoms with Crippen molar-refractivity contribution in [3.8, 4) is 0 Å². The molecule has 0 unspecified atom stereocenters. The Balaban J connectivity index is 2.10. The Hall–Kier alpha value is -0.610. The van der Waals surface area contributed by atoms with Gasteiger partial charge in [-0.2, -0.15) is 0 Å². The Kier molecular flexibility index (Phi) is 5.65. The van der Waals surface area contributed by atoms with Gasteiger partial charge in [0.05, 0.1) is 6.54 Å². The van der Waals surface area contributed by atoms with Crippen LogP contribution in [0, 0.1) is 0 Å². The molecular formula is C11H23N3O. The van der Waals surface area contributed by atoms with Crippen molar-refractivity contribution in [2.45, 2.75) is 26.2 Å². The quantitative estimate of drug-likeness (QED) is 0.645. The van der Waals surface area contributed by atoms with E-state index in [0.717, 1.165) is 26.2 Å². The summed E-state index contributed by atoms with van der Waals surface area (Å²) < 4.78 is 0. The number of rotatable bonds is 6. The largest absolute Gasteiger partial charge is 0.369 e. The van der Waals surface area contributed by atoms with Gasteiger partial charge in [0.25, 0.3) is 0 Å². The molecule has 88 valence electrons. The zero-order valence-electron chi connectivity index (χ0n) is 9.74. The van der Waals surface area contributed by atoms with Crippen LogP contribution >= 0.6 is 0 Å². The maximum atomic E-state index is 10.7. The van der Waals surface area contributed by atoms with E-state index in [2.05, 4.69) is 16.7 Å². The summed E-state index contributed by atoms with van der Waals surface area (Å²) in [5, 5.41) is 0. The van der Waals surface area contributed by atoms with Crippen molar-refractivity contribution in [2.24, 2.45) is 5.73 Å². The molecule has 0 aromatic rings. The van der Waals surface area contributed by atoms with Gasteiger partial charge < -0.3 is 10.6 Å². The number of carbonyl (C=O) groups is 1. The first kappa shape index (κ1) is 12.5. The lowest BCUT2D eigenvalue weighted by Gasteiger charge is -2.33. The van der Waals surface area contributed by atoms with Crippen LogP contribution in [-0.4, -0.2) is 55.0 Å². The molecule has 1 rings (SSSR count). The van der Waals surface area contributed by atoms with Crippen LogP contribution in [0.4, 0.5) is 0 Å². The number of nitrogens with two attached hydrogens (primary N) is 1. The molecule has 15 heavy (non-hydrogen) atoms. The van der Waals surface area contributed by atoms with Crippen molar-refractivity contribution in [2.75, 3.05) is 39.3 Å². The summed E-state index contributed by atoms with van der Waals surface area (Å²) in [7, 11) is 0. The second-order valence-electron chi connectivity index (χ2n) is 4.29. The molecule has 1 saturated heterocycles. The number of unbranched alkanes of at least 4 members (excludes halogenated alkanes) is 2. The number of hydrogen-bond donors (Lipinski definition) is 1. The van der Waals surface area contributed by atoms with Crippen LogP contribution < -0.4 is 5.73 Å². The van der Waals surface area contributed by atoms with E-state index in [1.54, 1.807) is 0 Å². The lowest BCUT2D eigenvalue weighted by molar-refractivity contribution is -0.119. The monoisotopic (exact) mass is 213 g/mol. The van der Waals surface area contributed by atoms with Crippen molar-refractivity contribution in [3.63, 3.8) is 0 Å². The van der Waals surface area contributed by atoms with Gasteiger partial charge in [0.15, 0.2) is 0 Å². The fourth-order valence-corrected chi connectivity index (χ4v) is 1.98. The molecule has 2 N–H and O–H groups in total. The second-order valence-corrected chi connectivity index (χ2v) is 4.29. The summed E-state index contributed by atoms with van der Waals surface area (Å²) in [4.78, 5) is 15.3. The minimum Gasteiger partial charge on any atom is -0.369 e. The number of amides is 1. The molecule has 0 aromatic heterocycles. The maximum Gasteiger partial charge on any atom is 0.231 e. The molecule has 0 aliphatic carbocycles. The molecule has 4 nitrogen and oxygen atoms in total. The first-order valence-electron chi connectivity index (χ1n) is 5.95. The van der Waals surface area contributed by atoms with Gasteiger partial charge >= 0.3 is 0 Å². The molecule has 4 heteroatoms. The summed E-state index contributed by atoms with van der Waals surface area (Å²) in [6, 6.07) is 0. The van der Waals surface area contributed by atoms with Crippen LogP contribution in [-0.2, 0) is 4.79 Å². The predicted octanol–water partition coefficient (Wildman–Crippen LogP) is 0.280. The van der Waals surface area contributed by atoms with E-state index in [4.69, 9.17) is 5.73 Å². The summed E-state index contributed by atoms with van der Waals surface area (Å²) in [6.07, 6.45) is 3.90. The molecular weight excluding hydrogens is 190 g/mol. The normalized spacial score (nSPS) is 19.3. The van der Waals surface area contributed by atoms with E-state index in [9.17, 15) is 4.79 Å². The summed E-state index contributed by atoms with van der Waals surface area (Å²) in [6.45, 7) is 7.98. The number of carbonyl (C=O) groups excluding carboxylic acids is 1. The van der Waals surface area contributed by atoms with Crippen molar-refractivity contribution >= 4 is 5.91 Å². The Morgan fingerprint density at radius 3 is 2.27 bits per heavy atom. The van der Waals surface area contributed by atoms with E-state index in [1.165, 1.54) is 25.8 Å². The Morgan fingerprint density at radius 1 is 1.13 bits per heavy atom. The number of piperazine rings is 1. The third-order valence-corrected chi connectivity index (χ3v) is 2.92. The van der Waals surface area contributed by atoms with Crippen LogP contribution in [0.5, 0.6) is 0 Å². The van der Waals surface area contributed by atoms with Gasteiger partial charge in [-0.25, -0.2) is 0 Å². The van der Waals surface area contributed by atoms with Crippen LogP contribution in [0.2, 0.25) is 0 Å². The third-order valence-electron chi connectivity index (χ3n) is 2.92. The average molecular weight is 213 g/mol. The standard InChI is InChI=1S/C11H23N3O/c1-2-3-4-5-13-6-8-14(9-7-13)10-11(12)15/h2-10H2,1H3,(H2,12,15). The molecule has 0 atom stereocenters. The lowest BCUT2D eigenvalue weighted by Crippen LogP contribution is -2.48. The Bertz CT molecular complexity index is 188. The summed E-state index contributed by atoms with van der Waals surface area (Å²) in [5.74, 6) is -0.213. The zero-order valence-corrected chi connectivity index (χ0v) is 9.74. The van der Waals surface area contributed by atoms with E-state index in [-0.39, 0.29) is 5.91 Å². The molecule has 0 spiro atoms. The van der Waals surface area contributed by atoms with Gasteiger partial charge in [0, 0.05) is 26.2 Å². The van der Waals surface area contributed by atoms with Gasteiger partial charge in [-0.05, 0) is 13.0 Å². The molecule has 1 aliphatic heterocycles.